The number of imide groups is 1. The quantitative estimate of drug-likeness (QED) is 0.110. The maximum Gasteiger partial charge on any atom is 0.333 e. The van der Waals surface area contributed by atoms with Crippen LogP contribution in [0.3, 0.4) is 0 Å². The van der Waals surface area contributed by atoms with Crippen molar-refractivity contribution in [1.29, 1.82) is 0 Å². The SMILES string of the molecule is O=C1N/C(=C/c2cc(I)c(OCc3ccc([N+](=O)[O-])cc3)c(I)c2)C(=O)N1c1cccc(Cl)c1. The van der Waals surface area contributed by atoms with Crippen molar-refractivity contribution >= 4 is 86.2 Å². The molecule has 0 spiro atoms. The Hall–Kier alpha value is -2.71. The number of benzene rings is 3. The van der Waals surface area contributed by atoms with Crippen LogP contribution in [-0.2, 0) is 11.4 Å². The normalized spacial score (nSPS) is 14.4. The second-order valence-corrected chi connectivity index (χ2v) is 9.90. The predicted octanol–water partition coefficient (Wildman–Crippen LogP) is 6.13. The lowest BCUT2D eigenvalue weighted by Crippen LogP contribution is -2.30. The van der Waals surface area contributed by atoms with Gasteiger partial charge in [-0.1, -0.05) is 17.7 Å². The highest BCUT2D eigenvalue weighted by atomic mass is 127. The average molecular weight is 702 g/mol. The molecule has 1 saturated heterocycles. The minimum atomic E-state index is -0.550. The lowest BCUT2D eigenvalue weighted by molar-refractivity contribution is -0.384. The third-order valence-corrected chi connectivity index (χ3v) is 6.64. The fourth-order valence-electron chi connectivity index (χ4n) is 3.22. The summed E-state index contributed by atoms with van der Waals surface area (Å²) in [7, 11) is 0. The number of nitro groups is 1. The highest BCUT2D eigenvalue weighted by molar-refractivity contribution is 14.1. The van der Waals surface area contributed by atoms with Crippen LogP contribution >= 0.6 is 56.8 Å². The van der Waals surface area contributed by atoms with Gasteiger partial charge in [-0.05, 0) is 105 Å². The Balaban J connectivity index is 1.52. The minimum Gasteiger partial charge on any atom is -0.487 e. The molecule has 11 heteroatoms. The fraction of sp³-hybridized carbons (Fsp3) is 0.0435. The molecule has 0 radical (unpaired) electrons. The Morgan fingerprint density at radius 3 is 2.35 bits per heavy atom. The highest BCUT2D eigenvalue weighted by Crippen LogP contribution is 2.31. The van der Waals surface area contributed by atoms with E-state index in [9.17, 15) is 19.7 Å². The molecule has 1 fully saturated rings. The second-order valence-electron chi connectivity index (χ2n) is 7.13. The van der Waals surface area contributed by atoms with Crippen molar-refractivity contribution in [3.63, 3.8) is 0 Å². The largest absolute Gasteiger partial charge is 0.487 e. The van der Waals surface area contributed by atoms with Gasteiger partial charge in [0.2, 0.25) is 0 Å². The number of hydrogen-bond acceptors (Lipinski definition) is 5. The number of nitro benzene ring substituents is 1. The number of hydrogen-bond donors (Lipinski definition) is 1. The summed E-state index contributed by atoms with van der Waals surface area (Å²) >= 11 is 10.3. The number of carbonyl (C=O) groups is 2. The van der Waals surface area contributed by atoms with Crippen LogP contribution in [0.1, 0.15) is 11.1 Å². The molecule has 3 aromatic rings. The van der Waals surface area contributed by atoms with E-state index >= 15 is 0 Å². The maximum atomic E-state index is 12.9. The zero-order valence-electron chi connectivity index (χ0n) is 17.1. The van der Waals surface area contributed by atoms with Crippen LogP contribution < -0.4 is 15.0 Å². The number of ether oxygens (including phenoxy) is 1. The van der Waals surface area contributed by atoms with Crippen molar-refractivity contribution in [1.82, 2.24) is 5.32 Å². The zero-order valence-corrected chi connectivity index (χ0v) is 22.2. The topological polar surface area (TPSA) is 102 Å². The van der Waals surface area contributed by atoms with E-state index in [4.69, 9.17) is 16.3 Å². The van der Waals surface area contributed by atoms with Crippen LogP contribution in [0.2, 0.25) is 5.02 Å². The van der Waals surface area contributed by atoms with Gasteiger partial charge in [-0.15, -0.1) is 0 Å². The summed E-state index contributed by atoms with van der Waals surface area (Å²) in [6.45, 7) is 0.244. The average Bonchev–Trinajstić information content (AvgIpc) is 3.06. The molecular formula is C23H14ClI2N3O5. The molecule has 0 aromatic heterocycles. The van der Waals surface area contributed by atoms with E-state index in [1.165, 1.54) is 12.1 Å². The van der Waals surface area contributed by atoms with Crippen LogP contribution in [-0.4, -0.2) is 16.9 Å². The smallest absolute Gasteiger partial charge is 0.333 e. The molecule has 172 valence electrons. The lowest BCUT2D eigenvalue weighted by Gasteiger charge is -2.12. The molecule has 4 rings (SSSR count). The summed E-state index contributed by atoms with van der Waals surface area (Å²) in [5.74, 6) is 0.180. The first-order valence-electron chi connectivity index (χ1n) is 9.71. The molecule has 3 aromatic carbocycles. The molecule has 0 aliphatic carbocycles. The minimum absolute atomic E-state index is 0.0211. The molecule has 1 N–H and O–H groups in total. The number of amides is 3. The third-order valence-electron chi connectivity index (χ3n) is 4.81. The van der Waals surface area contributed by atoms with Crippen molar-refractivity contribution in [3.8, 4) is 5.75 Å². The maximum absolute atomic E-state index is 12.9. The van der Waals surface area contributed by atoms with Gasteiger partial charge in [0.05, 0.1) is 17.8 Å². The molecule has 0 atom stereocenters. The molecule has 1 aliphatic heterocycles. The van der Waals surface area contributed by atoms with Crippen molar-refractivity contribution < 1.29 is 19.2 Å². The van der Waals surface area contributed by atoms with Crippen LogP contribution in [0.25, 0.3) is 6.08 Å². The number of halogens is 3. The first-order chi connectivity index (χ1) is 16.2. The second kappa shape index (κ2) is 10.3. The van der Waals surface area contributed by atoms with Gasteiger partial charge < -0.3 is 10.1 Å². The Morgan fingerprint density at radius 1 is 1.06 bits per heavy atom. The van der Waals surface area contributed by atoms with Crippen LogP contribution in [0.5, 0.6) is 5.75 Å². The van der Waals surface area contributed by atoms with E-state index < -0.39 is 16.9 Å². The molecule has 8 nitrogen and oxygen atoms in total. The Labute approximate surface area is 226 Å². The van der Waals surface area contributed by atoms with Gasteiger partial charge in [0.25, 0.3) is 11.6 Å². The van der Waals surface area contributed by atoms with Gasteiger partial charge in [-0.2, -0.15) is 0 Å². The Kier molecular flexibility index (Phi) is 7.38. The van der Waals surface area contributed by atoms with Crippen LogP contribution in [0.4, 0.5) is 16.2 Å². The lowest BCUT2D eigenvalue weighted by atomic mass is 10.1. The summed E-state index contributed by atoms with van der Waals surface area (Å²) in [4.78, 5) is 36.7. The summed E-state index contributed by atoms with van der Waals surface area (Å²) in [6, 6.07) is 15.8. The van der Waals surface area contributed by atoms with Crippen molar-refractivity contribution in [2.75, 3.05) is 4.90 Å². The number of nitrogens with one attached hydrogen (secondary N) is 1. The van der Waals surface area contributed by atoms with E-state index in [0.29, 0.717) is 22.0 Å². The van der Waals surface area contributed by atoms with E-state index in [2.05, 4.69) is 50.5 Å². The van der Waals surface area contributed by atoms with E-state index in [0.717, 1.165) is 17.6 Å². The van der Waals surface area contributed by atoms with E-state index in [1.807, 2.05) is 12.1 Å². The van der Waals surface area contributed by atoms with Gasteiger partial charge in [-0.25, -0.2) is 9.69 Å². The number of nitrogens with zero attached hydrogens (tertiary/aromatic N) is 2. The van der Waals surface area contributed by atoms with Gasteiger partial charge in [0.1, 0.15) is 18.1 Å². The molecule has 1 aliphatic rings. The summed E-state index contributed by atoms with van der Waals surface area (Å²) < 4.78 is 7.55. The van der Waals surface area contributed by atoms with Gasteiger partial charge in [0.15, 0.2) is 0 Å². The van der Waals surface area contributed by atoms with Crippen molar-refractivity contribution in [2.24, 2.45) is 0 Å². The molecule has 34 heavy (non-hydrogen) atoms. The number of non-ortho nitro benzene ring substituents is 1. The number of carbonyl (C=O) groups excluding carboxylic acids is 2. The standard InChI is InChI=1S/C23H14ClI2N3O5/c24-15-2-1-3-17(11-15)28-22(30)20(27-23(28)31)10-14-8-18(25)21(19(26)9-14)34-12-13-4-6-16(7-5-13)29(32)33/h1-11H,12H2,(H,27,31)/b20-10+. The van der Waals surface area contributed by atoms with Gasteiger partial charge in [-0.3, -0.25) is 14.9 Å². The van der Waals surface area contributed by atoms with Crippen LogP contribution in [0, 0.1) is 17.3 Å². The van der Waals surface area contributed by atoms with E-state index in [1.54, 1.807) is 42.5 Å². The third kappa shape index (κ3) is 5.33. The Morgan fingerprint density at radius 2 is 1.74 bits per heavy atom. The summed E-state index contributed by atoms with van der Waals surface area (Å²) in [5.41, 5.74) is 2.07. The number of urea groups is 1. The molecular weight excluding hydrogens is 688 g/mol. The molecule has 0 unspecified atom stereocenters. The summed E-state index contributed by atoms with van der Waals surface area (Å²) in [6.07, 6.45) is 1.61. The first-order valence-corrected chi connectivity index (χ1v) is 12.2. The predicted molar refractivity (Wildman–Crippen MR) is 145 cm³/mol. The van der Waals surface area contributed by atoms with Crippen LogP contribution in [0.15, 0.2) is 66.4 Å². The van der Waals surface area contributed by atoms with Crippen molar-refractivity contribution in [2.45, 2.75) is 6.61 Å². The number of rotatable bonds is 6. The van der Waals surface area contributed by atoms with E-state index in [-0.39, 0.29) is 18.0 Å². The monoisotopic (exact) mass is 701 g/mol. The molecule has 3 amide bonds. The number of anilines is 1. The molecule has 0 bridgehead atoms. The Bertz CT molecular complexity index is 1320. The summed E-state index contributed by atoms with van der Waals surface area (Å²) in [5, 5.41) is 13.8. The highest BCUT2D eigenvalue weighted by Gasteiger charge is 2.35. The molecule has 0 saturated carbocycles. The van der Waals surface area contributed by atoms with Crippen molar-refractivity contribution in [3.05, 3.63) is 99.8 Å². The fourth-order valence-corrected chi connectivity index (χ4v) is 5.53. The molecule has 1 heterocycles. The van der Waals surface area contributed by atoms with Gasteiger partial charge >= 0.3 is 6.03 Å². The van der Waals surface area contributed by atoms with Gasteiger partial charge in [0, 0.05) is 17.2 Å². The first kappa shape index (κ1) is 24.4. The zero-order chi connectivity index (χ0) is 24.4.